The first-order chi connectivity index (χ1) is 21.2. The highest BCUT2D eigenvalue weighted by Gasteiger charge is 2.17. The zero-order chi connectivity index (χ0) is 28.8. The second kappa shape index (κ2) is 10.4. The van der Waals surface area contributed by atoms with E-state index in [-0.39, 0.29) is 0 Å². The summed E-state index contributed by atoms with van der Waals surface area (Å²) in [6.07, 6.45) is 3.72. The lowest BCUT2D eigenvalue weighted by atomic mass is 9.85. The molecule has 0 N–H and O–H groups in total. The van der Waals surface area contributed by atoms with Gasteiger partial charge in [-0.1, -0.05) is 133 Å². The molecular formula is C42H29N. The predicted molar refractivity (Wildman–Crippen MR) is 183 cm³/mol. The SMILES string of the molecule is Cc1ccc2ccc(-c3c4ccccc4c(-c4cccc(-c5ccc(-c6cccnc6)cc5)c4)c4ccccc34)cc2c1. The maximum absolute atomic E-state index is 4.28. The molecule has 43 heavy (non-hydrogen) atoms. The summed E-state index contributed by atoms with van der Waals surface area (Å²) < 4.78 is 0. The molecule has 0 aliphatic rings. The summed E-state index contributed by atoms with van der Waals surface area (Å²) >= 11 is 0. The Hall–Kier alpha value is -5.53. The van der Waals surface area contributed by atoms with Crippen molar-refractivity contribution in [3.05, 3.63) is 164 Å². The molecule has 0 radical (unpaired) electrons. The number of hydrogen-bond acceptors (Lipinski definition) is 1. The summed E-state index contributed by atoms with van der Waals surface area (Å²) in [5, 5.41) is 7.62. The zero-order valence-electron chi connectivity index (χ0n) is 24.0. The lowest BCUT2D eigenvalue weighted by Crippen LogP contribution is -1.91. The van der Waals surface area contributed by atoms with Gasteiger partial charge in [0.05, 0.1) is 0 Å². The number of aromatic nitrogens is 1. The predicted octanol–water partition coefficient (Wildman–Crippen LogP) is 11.5. The second-order valence-electron chi connectivity index (χ2n) is 11.3. The Balaban J connectivity index is 1.32. The topological polar surface area (TPSA) is 12.9 Å². The van der Waals surface area contributed by atoms with Crippen LogP contribution >= 0.6 is 0 Å². The summed E-state index contributed by atoms with van der Waals surface area (Å²) in [5.41, 5.74) is 11.0. The number of nitrogens with zero attached hydrogens (tertiary/aromatic N) is 1. The number of benzene rings is 7. The largest absolute Gasteiger partial charge is 0.264 e. The van der Waals surface area contributed by atoms with Crippen molar-refractivity contribution in [2.24, 2.45) is 0 Å². The number of hydrogen-bond donors (Lipinski definition) is 0. The van der Waals surface area contributed by atoms with Crippen molar-refractivity contribution in [1.82, 2.24) is 4.98 Å². The van der Waals surface area contributed by atoms with Gasteiger partial charge in [0.2, 0.25) is 0 Å². The molecule has 0 aliphatic carbocycles. The van der Waals surface area contributed by atoms with Crippen molar-refractivity contribution in [3.8, 4) is 44.5 Å². The minimum Gasteiger partial charge on any atom is -0.264 e. The highest BCUT2D eigenvalue weighted by atomic mass is 14.6. The van der Waals surface area contributed by atoms with Gasteiger partial charge >= 0.3 is 0 Å². The summed E-state index contributed by atoms with van der Waals surface area (Å²) in [6, 6.07) is 53.2. The van der Waals surface area contributed by atoms with Gasteiger partial charge < -0.3 is 0 Å². The van der Waals surface area contributed by atoms with E-state index in [0.717, 1.165) is 5.56 Å². The molecule has 0 atom stereocenters. The minimum absolute atomic E-state index is 1.13. The summed E-state index contributed by atoms with van der Waals surface area (Å²) in [4.78, 5) is 4.28. The summed E-state index contributed by atoms with van der Waals surface area (Å²) in [6.45, 7) is 2.16. The molecule has 0 amide bonds. The van der Waals surface area contributed by atoms with Gasteiger partial charge in [-0.3, -0.25) is 4.98 Å². The van der Waals surface area contributed by atoms with Crippen molar-refractivity contribution in [3.63, 3.8) is 0 Å². The Morgan fingerprint density at radius 3 is 1.53 bits per heavy atom. The van der Waals surface area contributed by atoms with E-state index in [9.17, 15) is 0 Å². The van der Waals surface area contributed by atoms with Crippen molar-refractivity contribution in [2.75, 3.05) is 0 Å². The van der Waals surface area contributed by atoms with E-state index in [1.54, 1.807) is 0 Å². The van der Waals surface area contributed by atoms with Crippen LogP contribution in [0.1, 0.15) is 5.56 Å². The third-order valence-electron chi connectivity index (χ3n) is 8.58. The standard InChI is InChI=1S/C42H29N/c1-28-15-16-31-21-22-34(26-36(31)24-28)42-39-13-4-2-11-37(39)41(38-12-3-5-14-40(38)42)33-9-6-8-32(25-33)29-17-19-30(20-18-29)35-10-7-23-43-27-35/h2-27H,1H3. The van der Waals surface area contributed by atoms with E-state index in [4.69, 9.17) is 0 Å². The third kappa shape index (κ3) is 4.47. The van der Waals surface area contributed by atoms with Crippen LogP contribution in [0.4, 0.5) is 0 Å². The highest BCUT2D eigenvalue weighted by molar-refractivity contribution is 6.21. The number of fused-ring (bicyclic) bond motifs is 3. The average molecular weight is 548 g/mol. The lowest BCUT2D eigenvalue weighted by Gasteiger charge is -2.18. The summed E-state index contributed by atoms with van der Waals surface area (Å²) in [7, 11) is 0. The molecule has 8 aromatic rings. The Morgan fingerprint density at radius 1 is 0.372 bits per heavy atom. The smallest absolute Gasteiger partial charge is 0.0346 e. The van der Waals surface area contributed by atoms with E-state index in [0.29, 0.717) is 0 Å². The van der Waals surface area contributed by atoms with Crippen molar-refractivity contribution >= 4 is 32.3 Å². The highest BCUT2D eigenvalue weighted by Crippen LogP contribution is 2.44. The summed E-state index contributed by atoms with van der Waals surface area (Å²) in [5.74, 6) is 0. The maximum atomic E-state index is 4.28. The van der Waals surface area contributed by atoms with E-state index in [1.165, 1.54) is 76.8 Å². The van der Waals surface area contributed by atoms with Crippen molar-refractivity contribution in [2.45, 2.75) is 6.92 Å². The van der Waals surface area contributed by atoms with Gasteiger partial charge in [-0.05, 0) is 102 Å². The van der Waals surface area contributed by atoms with Crippen LogP contribution in [0.5, 0.6) is 0 Å². The maximum Gasteiger partial charge on any atom is 0.0346 e. The quantitative estimate of drug-likeness (QED) is 0.200. The van der Waals surface area contributed by atoms with Gasteiger partial charge in [0.25, 0.3) is 0 Å². The monoisotopic (exact) mass is 547 g/mol. The molecular weight excluding hydrogens is 518 g/mol. The molecule has 202 valence electrons. The first-order valence-electron chi connectivity index (χ1n) is 14.8. The van der Waals surface area contributed by atoms with E-state index in [2.05, 4.69) is 151 Å². The Kier molecular flexibility index (Phi) is 6.09. The minimum atomic E-state index is 1.13. The number of pyridine rings is 1. The molecule has 0 spiro atoms. The van der Waals surface area contributed by atoms with Gasteiger partial charge in [-0.25, -0.2) is 0 Å². The first-order valence-corrected chi connectivity index (χ1v) is 14.8. The molecule has 1 heterocycles. The Morgan fingerprint density at radius 2 is 0.907 bits per heavy atom. The van der Waals surface area contributed by atoms with Crippen LogP contribution in [0.3, 0.4) is 0 Å². The van der Waals surface area contributed by atoms with Gasteiger partial charge in [0.1, 0.15) is 0 Å². The number of rotatable bonds is 4. The van der Waals surface area contributed by atoms with E-state index < -0.39 is 0 Å². The van der Waals surface area contributed by atoms with Crippen LogP contribution < -0.4 is 0 Å². The van der Waals surface area contributed by atoms with Crippen LogP contribution in [-0.2, 0) is 0 Å². The molecule has 0 unspecified atom stereocenters. The third-order valence-corrected chi connectivity index (χ3v) is 8.58. The first kappa shape index (κ1) is 25.2. The van der Waals surface area contributed by atoms with Gasteiger partial charge in [0.15, 0.2) is 0 Å². The van der Waals surface area contributed by atoms with Crippen LogP contribution in [0.15, 0.2) is 158 Å². The van der Waals surface area contributed by atoms with Gasteiger partial charge in [0, 0.05) is 12.4 Å². The van der Waals surface area contributed by atoms with Crippen LogP contribution in [0, 0.1) is 6.92 Å². The normalized spacial score (nSPS) is 11.4. The van der Waals surface area contributed by atoms with E-state index in [1.807, 2.05) is 18.5 Å². The lowest BCUT2D eigenvalue weighted by molar-refractivity contribution is 1.33. The fourth-order valence-electron chi connectivity index (χ4n) is 6.52. The molecule has 0 saturated carbocycles. The molecule has 1 heteroatoms. The van der Waals surface area contributed by atoms with Gasteiger partial charge in [-0.15, -0.1) is 0 Å². The molecule has 0 saturated heterocycles. The van der Waals surface area contributed by atoms with Crippen LogP contribution in [-0.4, -0.2) is 4.98 Å². The Labute approximate surface area is 251 Å². The van der Waals surface area contributed by atoms with Crippen LogP contribution in [0.25, 0.3) is 76.8 Å². The second-order valence-corrected chi connectivity index (χ2v) is 11.3. The Bertz CT molecular complexity index is 2220. The van der Waals surface area contributed by atoms with Crippen molar-refractivity contribution in [1.29, 1.82) is 0 Å². The molecule has 1 aromatic heterocycles. The molecule has 0 fully saturated rings. The zero-order valence-corrected chi connectivity index (χ0v) is 24.0. The fourth-order valence-corrected chi connectivity index (χ4v) is 6.52. The number of aryl methyl sites for hydroxylation is 1. The average Bonchev–Trinajstić information content (AvgIpc) is 3.07. The van der Waals surface area contributed by atoms with Crippen molar-refractivity contribution < 1.29 is 0 Å². The van der Waals surface area contributed by atoms with E-state index >= 15 is 0 Å². The van der Waals surface area contributed by atoms with Gasteiger partial charge in [-0.2, -0.15) is 0 Å². The van der Waals surface area contributed by atoms with Crippen LogP contribution in [0.2, 0.25) is 0 Å². The molecule has 8 rings (SSSR count). The molecule has 0 aliphatic heterocycles. The molecule has 7 aromatic carbocycles. The molecule has 0 bridgehead atoms. The fraction of sp³-hybridized carbons (Fsp3) is 0.0238. The molecule has 1 nitrogen and oxygen atoms in total.